The van der Waals surface area contributed by atoms with Gasteiger partial charge >= 0.3 is 5.97 Å². The van der Waals surface area contributed by atoms with Crippen molar-refractivity contribution < 1.29 is 14.7 Å². The van der Waals surface area contributed by atoms with Gasteiger partial charge in [-0.1, -0.05) is 18.2 Å². The van der Waals surface area contributed by atoms with Crippen LogP contribution in [0.2, 0.25) is 0 Å². The van der Waals surface area contributed by atoms with Gasteiger partial charge in [-0.2, -0.15) is 0 Å². The number of anilines is 1. The lowest BCUT2D eigenvalue weighted by molar-refractivity contribution is -0.136. The number of carboxylic acid groups (broad SMARTS) is 1. The maximum Gasteiger partial charge on any atom is 0.307 e. The van der Waals surface area contributed by atoms with Crippen LogP contribution in [-0.4, -0.2) is 29.6 Å². The Balaban J connectivity index is 2.10. The summed E-state index contributed by atoms with van der Waals surface area (Å²) < 4.78 is 0. The molecule has 5 heteroatoms. The van der Waals surface area contributed by atoms with E-state index in [4.69, 9.17) is 5.11 Å². The molecule has 0 radical (unpaired) electrons. The van der Waals surface area contributed by atoms with Crippen LogP contribution in [0.25, 0.3) is 0 Å². The van der Waals surface area contributed by atoms with Gasteiger partial charge in [-0.05, 0) is 31.5 Å². The Morgan fingerprint density at radius 1 is 1.42 bits per heavy atom. The van der Waals surface area contributed by atoms with Gasteiger partial charge in [0.25, 0.3) is 0 Å². The summed E-state index contributed by atoms with van der Waals surface area (Å²) in [5.74, 6) is -1.01. The van der Waals surface area contributed by atoms with Crippen molar-refractivity contribution in [3.63, 3.8) is 0 Å². The molecule has 0 aliphatic carbocycles. The summed E-state index contributed by atoms with van der Waals surface area (Å²) >= 11 is 0. The van der Waals surface area contributed by atoms with Crippen molar-refractivity contribution in [3.8, 4) is 0 Å². The summed E-state index contributed by atoms with van der Waals surface area (Å²) in [5, 5.41) is 14.9. The normalized spacial score (nSPS) is 22.2. The molecule has 2 rings (SSSR count). The molecule has 1 aliphatic heterocycles. The first-order valence-electron chi connectivity index (χ1n) is 6.42. The van der Waals surface area contributed by atoms with E-state index in [1.807, 2.05) is 6.92 Å². The highest BCUT2D eigenvalue weighted by Crippen LogP contribution is 2.20. The van der Waals surface area contributed by atoms with Crippen molar-refractivity contribution in [1.82, 2.24) is 5.32 Å². The Morgan fingerprint density at radius 2 is 2.16 bits per heavy atom. The van der Waals surface area contributed by atoms with Crippen LogP contribution in [0.4, 0.5) is 5.69 Å². The number of nitrogens with one attached hydrogen (secondary N) is 2. The lowest BCUT2D eigenvalue weighted by Crippen LogP contribution is -2.32. The van der Waals surface area contributed by atoms with Crippen molar-refractivity contribution in [2.75, 3.05) is 11.9 Å². The molecule has 1 aliphatic rings. The van der Waals surface area contributed by atoms with Gasteiger partial charge in [0.05, 0.1) is 12.3 Å². The number of carbonyl (C=O) groups is 2. The van der Waals surface area contributed by atoms with Crippen molar-refractivity contribution in [2.24, 2.45) is 5.92 Å². The van der Waals surface area contributed by atoms with E-state index in [-0.39, 0.29) is 24.3 Å². The second-order valence-corrected chi connectivity index (χ2v) is 4.85. The number of para-hydroxylation sites is 1. The molecule has 1 saturated heterocycles. The number of amides is 1. The van der Waals surface area contributed by atoms with Gasteiger partial charge < -0.3 is 15.7 Å². The van der Waals surface area contributed by atoms with Crippen LogP contribution in [0.5, 0.6) is 0 Å². The van der Waals surface area contributed by atoms with Gasteiger partial charge in [-0.25, -0.2) is 0 Å². The second kappa shape index (κ2) is 5.84. The molecule has 1 aromatic rings. The van der Waals surface area contributed by atoms with Crippen LogP contribution in [-0.2, 0) is 16.0 Å². The van der Waals surface area contributed by atoms with E-state index in [2.05, 4.69) is 10.6 Å². The van der Waals surface area contributed by atoms with Gasteiger partial charge in [-0.15, -0.1) is 0 Å². The predicted octanol–water partition coefficient (Wildman–Crippen LogP) is 1.25. The van der Waals surface area contributed by atoms with E-state index in [1.165, 1.54) is 0 Å². The Morgan fingerprint density at radius 3 is 2.79 bits per heavy atom. The highest BCUT2D eigenvalue weighted by Gasteiger charge is 2.29. The van der Waals surface area contributed by atoms with E-state index in [0.717, 1.165) is 13.0 Å². The Bertz CT molecular complexity index is 487. The maximum atomic E-state index is 12.2. The average Bonchev–Trinajstić information content (AvgIpc) is 2.77. The molecule has 1 fully saturated rings. The van der Waals surface area contributed by atoms with E-state index in [0.29, 0.717) is 11.3 Å². The lowest BCUT2D eigenvalue weighted by atomic mass is 10.0. The number of hydrogen-bond acceptors (Lipinski definition) is 3. The summed E-state index contributed by atoms with van der Waals surface area (Å²) in [6.45, 7) is 2.83. The number of rotatable bonds is 4. The molecule has 1 aromatic carbocycles. The molecule has 2 atom stereocenters. The molecule has 1 heterocycles. The van der Waals surface area contributed by atoms with Crippen molar-refractivity contribution in [3.05, 3.63) is 29.8 Å². The first-order valence-corrected chi connectivity index (χ1v) is 6.42. The SMILES string of the molecule is CC1NCCC1C(=O)Nc1ccccc1CC(=O)O. The maximum absolute atomic E-state index is 12.2. The molecular formula is C14H18N2O3. The summed E-state index contributed by atoms with van der Waals surface area (Å²) in [4.78, 5) is 23.0. The zero-order valence-electron chi connectivity index (χ0n) is 10.8. The average molecular weight is 262 g/mol. The van der Waals surface area contributed by atoms with Crippen LogP contribution < -0.4 is 10.6 Å². The van der Waals surface area contributed by atoms with Crippen LogP contribution >= 0.6 is 0 Å². The number of hydrogen-bond donors (Lipinski definition) is 3. The molecule has 0 saturated carbocycles. The highest BCUT2D eigenvalue weighted by atomic mass is 16.4. The van der Waals surface area contributed by atoms with Crippen molar-refractivity contribution in [1.29, 1.82) is 0 Å². The molecule has 1 amide bonds. The molecule has 3 N–H and O–H groups in total. The summed E-state index contributed by atoms with van der Waals surface area (Å²) in [6, 6.07) is 7.18. The third kappa shape index (κ3) is 3.32. The first-order chi connectivity index (χ1) is 9.08. The van der Waals surface area contributed by atoms with Crippen LogP contribution in [0, 0.1) is 5.92 Å². The molecule has 2 unspecified atom stereocenters. The summed E-state index contributed by atoms with van der Waals surface area (Å²) in [7, 11) is 0. The molecule has 102 valence electrons. The smallest absolute Gasteiger partial charge is 0.307 e. The molecule has 0 bridgehead atoms. The van der Waals surface area contributed by atoms with E-state index in [9.17, 15) is 9.59 Å². The molecule has 0 aromatic heterocycles. The van der Waals surface area contributed by atoms with Gasteiger partial charge in [0.2, 0.25) is 5.91 Å². The number of carboxylic acids is 1. The molecular weight excluding hydrogens is 244 g/mol. The van der Waals surface area contributed by atoms with Gasteiger partial charge in [0, 0.05) is 11.7 Å². The molecule has 19 heavy (non-hydrogen) atoms. The highest BCUT2D eigenvalue weighted by molar-refractivity contribution is 5.94. The lowest BCUT2D eigenvalue weighted by Gasteiger charge is -2.16. The zero-order valence-corrected chi connectivity index (χ0v) is 10.8. The van der Waals surface area contributed by atoms with Gasteiger partial charge in [-0.3, -0.25) is 9.59 Å². The van der Waals surface area contributed by atoms with E-state index in [1.54, 1.807) is 24.3 Å². The number of aliphatic carboxylic acids is 1. The van der Waals surface area contributed by atoms with Crippen LogP contribution in [0.1, 0.15) is 18.9 Å². The fourth-order valence-electron chi connectivity index (χ4n) is 2.40. The quantitative estimate of drug-likeness (QED) is 0.763. The number of carbonyl (C=O) groups excluding carboxylic acids is 1. The standard InChI is InChI=1S/C14H18N2O3/c1-9-11(6-7-15-9)14(19)16-12-5-3-2-4-10(12)8-13(17)18/h2-5,9,11,15H,6-8H2,1H3,(H,16,19)(H,17,18). The Labute approximate surface area is 112 Å². The fourth-order valence-corrected chi connectivity index (χ4v) is 2.40. The van der Waals surface area contributed by atoms with Crippen molar-refractivity contribution in [2.45, 2.75) is 25.8 Å². The van der Waals surface area contributed by atoms with Crippen LogP contribution in [0.15, 0.2) is 24.3 Å². The topological polar surface area (TPSA) is 78.4 Å². The van der Waals surface area contributed by atoms with Crippen LogP contribution in [0.3, 0.4) is 0 Å². The largest absolute Gasteiger partial charge is 0.481 e. The third-order valence-corrected chi connectivity index (χ3v) is 3.48. The van der Waals surface area contributed by atoms with E-state index < -0.39 is 5.97 Å². The summed E-state index contributed by atoms with van der Waals surface area (Å²) in [5.41, 5.74) is 1.22. The number of benzene rings is 1. The monoisotopic (exact) mass is 262 g/mol. The Hall–Kier alpha value is -1.88. The minimum atomic E-state index is -0.905. The minimum Gasteiger partial charge on any atom is -0.481 e. The predicted molar refractivity (Wildman–Crippen MR) is 72.0 cm³/mol. The molecule has 5 nitrogen and oxygen atoms in total. The Kier molecular flexibility index (Phi) is 4.16. The van der Waals surface area contributed by atoms with Gasteiger partial charge in [0.15, 0.2) is 0 Å². The second-order valence-electron chi connectivity index (χ2n) is 4.85. The first kappa shape index (κ1) is 13.5. The van der Waals surface area contributed by atoms with Gasteiger partial charge in [0.1, 0.15) is 0 Å². The fraction of sp³-hybridized carbons (Fsp3) is 0.429. The van der Waals surface area contributed by atoms with E-state index >= 15 is 0 Å². The molecule has 0 spiro atoms. The summed E-state index contributed by atoms with van der Waals surface area (Å²) in [6.07, 6.45) is 0.725. The van der Waals surface area contributed by atoms with Crippen molar-refractivity contribution >= 4 is 17.6 Å². The zero-order chi connectivity index (χ0) is 13.8. The third-order valence-electron chi connectivity index (χ3n) is 3.48. The minimum absolute atomic E-state index is 0.0460.